The number of carbonyl (C=O) groups is 4. The topological polar surface area (TPSA) is 131 Å². The lowest BCUT2D eigenvalue weighted by Crippen LogP contribution is -2.46. The number of para-hydroxylation sites is 2. The molecule has 5 atom stereocenters. The fourth-order valence-corrected chi connectivity index (χ4v) is 13.2. The molecule has 58 heavy (non-hydrogen) atoms. The van der Waals surface area contributed by atoms with Crippen LogP contribution in [0.3, 0.4) is 0 Å². The fourth-order valence-electron chi connectivity index (χ4n) is 10.6. The normalized spacial score (nSPS) is 25.4. The number of carbonyl (C=O) groups excluding carboxylic acids is 4. The summed E-state index contributed by atoms with van der Waals surface area (Å²) in [5, 5.41) is 10.0. The van der Waals surface area contributed by atoms with E-state index >= 15 is 4.79 Å². The molecule has 0 radical (unpaired) electrons. The molecule has 11 nitrogen and oxygen atoms in total. The third-order valence-corrected chi connectivity index (χ3v) is 15.7. The highest BCUT2D eigenvalue weighted by Crippen LogP contribution is 2.60. The van der Waals surface area contributed by atoms with Crippen LogP contribution in [0, 0.1) is 5.92 Å². The lowest BCUT2D eigenvalue weighted by molar-refractivity contribution is -0.150. The summed E-state index contributed by atoms with van der Waals surface area (Å²) in [6, 6.07) is 28.9. The Morgan fingerprint density at radius 1 is 0.810 bits per heavy atom. The van der Waals surface area contributed by atoms with E-state index in [1.165, 1.54) is 0 Å². The van der Waals surface area contributed by atoms with Crippen LogP contribution >= 0.6 is 0 Å². The summed E-state index contributed by atoms with van der Waals surface area (Å²) in [6.07, 6.45) is 2.80. The highest BCUT2D eigenvalue weighted by Gasteiger charge is 2.66. The van der Waals surface area contributed by atoms with E-state index in [1.807, 2.05) is 111 Å². The largest absolute Gasteiger partial charge is 0.432 e. The van der Waals surface area contributed by atoms with Gasteiger partial charge in [-0.05, 0) is 97.9 Å². The maximum atomic E-state index is 15.5. The van der Waals surface area contributed by atoms with Gasteiger partial charge in [0.2, 0.25) is 17.7 Å². The van der Waals surface area contributed by atoms with Crippen LogP contribution in [-0.4, -0.2) is 72.0 Å². The average Bonchev–Trinajstić information content (AvgIpc) is 3.88. The molecule has 9 rings (SSSR count). The number of ether oxygens (including phenoxy) is 1. The Morgan fingerprint density at radius 2 is 1.45 bits per heavy atom. The van der Waals surface area contributed by atoms with Crippen molar-refractivity contribution in [2.45, 2.75) is 94.8 Å². The van der Waals surface area contributed by atoms with E-state index in [9.17, 15) is 24.3 Å². The number of amides is 4. The van der Waals surface area contributed by atoms with Crippen LogP contribution in [0.4, 0.5) is 28.4 Å². The van der Waals surface area contributed by atoms with Crippen molar-refractivity contribution in [1.29, 1.82) is 0 Å². The van der Waals surface area contributed by atoms with Crippen molar-refractivity contribution in [2.24, 2.45) is 5.92 Å². The summed E-state index contributed by atoms with van der Waals surface area (Å²) >= 11 is 0. The first kappa shape index (κ1) is 38.4. The van der Waals surface area contributed by atoms with Crippen LogP contribution in [-0.2, 0) is 48.9 Å². The molecule has 2 fully saturated rings. The van der Waals surface area contributed by atoms with Gasteiger partial charge < -0.3 is 24.4 Å². The number of hydrogen-bond acceptors (Lipinski definition) is 7. The first-order chi connectivity index (χ1) is 27.9. The van der Waals surface area contributed by atoms with Gasteiger partial charge in [0.05, 0.1) is 48.8 Å². The van der Waals surface area contributed by atoms with Gasteiger partial charge in [-0.15, -0.1) is 0 Å². The number of anilines is 5. The second-order valence-electron chi connectivity index (χ2n) is 17.1. The highest BCUT2D eigenvalue weighted by molar-refractivity contribution is 6.71. The van der Waals surface area contributed by atoms with Crippen molar-refractivity contribution >= 4 is 60.4 Å². The number of fused-ring (bicyclic) bond motifs is 4. The molecule has 0 saturated carbocycles. The van der Waals surface area contributed by atoms with Gasteiger partial charge in [0.15, 0.2) is 13.9 Å². The Hall–Kier alpha value is -5.14. The highest BCUT2D eigenvalue weighted by atomic mass is 28.4. The lowest BCUT2D eigenvalue weighted by Gasteiger charge is -2.33. The Balaban J connectivity index is 1.14. The van der Waals surface area contributed by atoms with Crippen LogP contribution in [0.25, 0.3) is 0 Å². The molecular weight excluding hydrogens is 749 g/mol. The molecule has 5 aliphatic heterocycles. The molecule has 5 aliphatic rings. The third kappa shape index (κ3) is 6.19. The van der Waals surface area contributed by atoms with Crippen LogP contribution in [0.15, 0.2) is 91.0 Å². The quantitative estimate of drug-likeness (QED) is 0.192. The molecule has 300 valence electrons. The summed E-state index contributed by atoms with van der Waals surface area (Å²) in [4.78, 5) is 75.4. The number of aryl methyl sites for hydroxylation is 2. The first-order valence-corrected chi connectivity index (χ1v) is 23.6. The summed E-state index contributed by atoms with van der Waals surface area (Å²) < 4.78 is 7.09. The van der Waals surface area contributed by atoms with Gasteiger partial charge in [0, 0.05) is 47.8 Å². The molecule has 0 aromatic heterocycles. The summed E-state index contributed by atoms with van der Waals surface area (Å²) in [5.41, 5.74) is 5.14. The van der Waals surface area contributed by atoms with E-state index in [0.29, 0.717) is 54.9 Å². The summed E-state index contributed by atoms with van der Waals surface area (Å²) in [7, 11) is -3.11. The number of likely N-dealkylation sites (tertiary alicyclic amines) is 1. The Kier molecular flexibility index (Phi) is 9.66. The maximum Gasteiger partial charge on any atom is 0.264 e. The Morgan fingerprint density at radius 3 is 2.09 bits per heavy atom. The lowest BCUT2D eigenvalue weighted by atomic mass is 9.82. The molecule has 2 N–H and O–H groups in total. The van der Waals surface area contributed by atoms with Crippen molar-refractivity contribution < 1.29 is 33.8 Å². The van der Waals surface area contributed by atoms with Gasteiger partial charge in [-0.25, -0.2) is 0 Å². The van der Waals surface area contributed by atoms with Gasteiger partial charge in [-0.1, -0.05) is 55.5 Å². The van der Waals surface area contributed by atoms with E-state index in [4.69, 9.17) is 4.74 Å². The molecule has 0 bridgehead atoms. The van der Waals surface area contributed by atoms with E-state index in [-0.39, 0.29) is 49.2 Å². The molecule has 4 aromatic rings. The van der Waals surface area contributed by atoms with Crippen molar-refractivity contribution in [3.63, 3.8) is 0 Å². The third-order valence-electron chi connectivity index (χ3n) is 13.2. The number of aliphatic hydroxyl groups excluding tert-OH is 1. The van der Waals surface area contributed by atoms with E-state index < -0.39 is 31.5 Å². The van der Waals surface area contributed by atoms with Crippen LogP contribution < -0.4 is 14.7 Å². The molecule has 1 spiro atoms. The van der Waals surface area contributed by atoms with Crippen LogP contribution in [0.2, 0.25) is 18.6 Å². The van der Waals surface area contributed by atoms with E-state index in [0.717, 1.165) is 40.9 Å². The summed E-state index contributed by atoms with van der Waals surface area (Å²) in [5.74, 6) is -1.03. The molecule has 5 heterocycles. The maximum absolute atomic E-state index is 15.5. The fraction of sp³-hybridized carbons (Fsp3) is 0.391. The first-order valence-electron chi connectivity index (χ1n) is 20.6. The summed E-state index contributed by atoms with van der Waals surface area (Å²) in [6.45, 7) is 6.22. The van der Waals surface area contributed by atoms with Crippen molar-refractivity contribution in [2.75, 3.05) is 27.9 Å². The molecule has 2 saturated heterocycles. The molecule has 0 unspecified atom stereocenters. The smallest absolute Gasteiger partial charge is 0.264 e. The zero-order chi connectivity index (χ0) is 40.5. The zero-order valence-electron chi connectivity index (χ0n) is 33.3. The number of aliphatic hydroxyl groups is 1. The van der Waals surface area contributed by atoms with Crippen LogP contribution in [0.5, 0.6) is 0 Å². The van der Waals surface area contributed by atoms with Gasteiger partial charge in [-0.3, -0.25) is 29.0 Å². The monoisotopic (exact) mass is 798 g/mol. The zero-order valence-corrected chi connectivity index (χ0v) is 34.3. The molecular formula is C46H50N4O7Si. The predicted molar refractivity (Wildman–Crippen MR) is 223 cm³/mol. The molecule has 4 amide bonds. The van der Waals surface area contributed by atoms with Gasteiger partial charge in [0.1, 0.15) is 0 Å². The second-order valence-corrected chi connectivity index (χ2v) is 21.1. The van der Waals surface area contributed by atoms with Gasteiger partial charge in [0.25, 0.3) is 5.91 Å². The van der Waals surface area contributed by atoms with Crippen molar-refractivity contribution in [3.8, 4) is 0 Å². The van der Waals surface area contributed by atoms with E-state index in [1.54, 1.807) is 19.6 Å². The second kappa shape index (κ2) is 14.6. The minimum Gasteiger partial charge on any atom is -0.432 e. The molecule has 4 aromatic carbocycles. The SMILES string of the molecule is C[C@H]1[C@H]([Si](C)(C)O)[C@@H](CC(=O)N2CCC[C@H]2CO)O[C@]12C(=O)N(Cc1cccc(N3C(=O)CCc4ccccc43)c1)c1ccc(N3C(=O)CCc4ccccc43)cc12. The average molecular weight is 799 g/mol. The van der Waals surface area contributed by atoms with E-state index in [2.05, 4.69) is 0 Å². The Bertz CT molecular complexity index is 2330. The number of nitrogens with zero attached hydrogens (tertiary/aromatic N) is 4. The van der Waals surface area contributed by atoms with Crippen LogP contribution in [0.1, 0.15) is 61.3 Å². The number of benzene rings is 4. The molecule has 12 heteroatoms. The minimum atomic E-state index is -3.11. The molecule has 0 aliphatic carbocycles. The Labute approximate surface area is 339 Å². The minimum absolute atomic E-state index is 0.00796. The predicted octanol–water partition coefficient (Wildman–Crippen LogP) is 6.63. The van der Waals surface area contributed by atoms with Crippen molar-refractivity contribution in [1.82, 2.24) is 4.90 Å². The van der Waals surface area contributed by atoms with Crippen molar-refractivity contribution in [3.05, 3.63) is 113 Å². The van der Waals surface area contributed by atoms with Gasteiger partial charge in [-0.2, -0.15) is 0 Å². The van der Waals surface area contributed by atoms with Gasteiger partial charge >= 0.3 is 0 Å². The number of hydrogen-bond donors (Lipinski definition) is 2. The standard InChI is InChI=1S/C46H50N4O7Si/c1-29-44(58(2,3)56)40(26-43(54)47-23-9-14-35(47)28-51)57-46(29)36-25-34(50-38-16-7-5-12-32(38)18-22-42(50)53)19-20-39(36)48(45(46)55)27-30-10-8-13-33(24-30)49-37-15-6-4-11-31(37)17-21-41(49)52/h4-8,10-13,15-16,19-20,24-25,29,35,40,44,51,56H,9,14,17-18,21-23,26-28H2,1-3H3/t29-,35-,40+,44-,46+/m0/s1. The number of rotatable bonds is 8.